The molecule has 3 N–H and O–H groups in total. The van der Waals surface area contributed by atoms with Crippen LogP contribution in [0.2, 0.25) is 5.02 Å². The molecule has 10 heteroatoms. The van der Waals surface area contributed by atoms with Crippen LogP contribution >= 0.6 is 11.6 Å². The number of nitrogens with zero attached hydrogens (tertiary/aromatic N) is 3. The summed E-state index contributed by atoms with van der Waals surface area (Å²) in [5.41, 5.74) is 7.76. The van der Waals surface area contributed by atoms with Crippen molar-refractivity contribution in [2.24, 2.45) is 5.73 Å². The summed E-state index contributed by atoms with van der Waals surface area (Å²) in [4.78, 5) is 37.6. The van der Waals surface area contributed by atoms with Gasteiger partial charge in [-0.2, -0.15) is 5.26 Å². The van der Waals surface area contributed by atoms with E-state index in [2.05, 4.69) is 5.32 Å². The number of nitrogens with two attached hydrogens (primary N) is 1. The van der Waals surface area contributed by atoms with E-state index >= 15 is 0 Å². The third kappa shape index (κ3) is 6.63. The van der Waals surface area contributed by atoms with Gasteiger partial charge in [-0.25, -0.2) is 0 Å². The lowest BCUT2D eigenvalue weighted by atomic mass is 10.1. The van der Waals surface area contributed by atoms with E-state index in [0.717, 1.165) is 0 Å². The molecule has 35 heavy (non-hydrogen) atoms. The molecule has 0 aliphatic carbocycles. The standard InChI is InChI=1S/C25H22ClN5O4/c26-23-11-8-21(29-24(32)18-6-9-22(10-7-18)31(34)35)14-20(23)16-30(13-1-12-27)25(33)19-4-2-17(15-28)3-5-19/h2-11,14H,1,12-13,16,27H2,(H,29,32). The highest BCUT2D eigenvalue weighted by Gasteiger charge is 2.18. The van der Waals surface area contributed by atoms with E-state index in [-0.39, 0.29) is 23.7 Å². The number of hydrogen-bond acceptors (Lipinski definition) is 6. The predicted octanol–water partition coefficient (Wildman–Crippen LogP) is 4.36. The molecule has 0 atom stereocenters. The molecular weight excluding hydrogens is 470 g/mol. The minimum Gasteiger partial charge on any atom is -0.334 e. The van der Waals surface area contributed by atoms with E-state index < -0.39 is 10.8 Å². The van der Waals surface area contributed by atoms with Gasteiger partial charge in [0.1, 0.15) is 0 Å². The Hall–Kier alpha value is -4.26. The number of carbonyl (C=O) groups excluding carboxylic acids is 2. The van der Waals surface area contributed by atoms with Crippen molar-refractivity contribution in [1.29, 1.82) is 5.26 Å². The van der Waals surface area contributed by atoms with E-state index in [1.165, 1.54) is 24.3 Å². The van der Waals surface area contributed by atoms with Gasteiger partial charge in [-0.15, -0.1) is 0 Å². The van der Waals surface area contributed by atoms with Crippen LogP contribution < -0.4 is 11.1 Å². The van der Waals surface area contributed by atoms with Gasteiger partial charge in [0.2, 0.25) is 0 Å². The molecule has 0 bridgehead atoms. The summed E-state index contributed by atoms with van der Waals surface area (Å²) < 4.78 is 0. The van der Waals surface area contributed by atoms with E-state index in [0.29, 0.717) is 46.9 Å². The lowest BCUT2D eigenvalue weighted by Gasteiger charge is -2.24. The summed E-state index contributed by atoms with van der Waals surface area (Å²) in [6.07, 6.45) is 0.580. The number of rotatable bonds is 9. The highest BCUT2D eigenvalue weighted by molar-refractivity contribution is 6.31. The number of nitro benzene ring substituents is 1. The van der Waals surface area contributed by atoms with Gasteiger partial charge >= 0.3 is 0 Å². The monoisotopic (exact) mass is 491 g/mol. The van der Waals surface area contributed by atoms with Gasteiger partial charge < -0.3 is 16.0 Å². The number of halogens is 1. The number of amides is 2. The SMILES string of the molecule is N#Cc1ccc(C(=O)N(CCCN)Cc2cc(NC(=O)c3ccc([N+](=O)[O-])cc3)ccc2Cl)cc1. The number of nitrogens with one attached hydrogen (secondary N) is 1. The molecule has 0 fully saturated rings. The first kappa shape index (κ1) is 25.4. The van der Waals surface area contributed by atoms with Gasteiger partial charge in [-0.1, -0.05) is 11.6 Å². The smallest absolute Gasteiger partial charge is 0.269 e. The summed E-state index contributed by atoms with van der Waals surface area (Å²) in [5, 5.41) is 23.0. The van der Waals surface area contributed by atoms with Gasteiger partial charge in [0.25, 0.3) is 17.5 Å². The van der Waals surface area contributed by atoms with Crippen molar-refractivity contribution in [3.63, 3.8) is 0 Å². The van der Waals surface area contributed by atoms with E-state index in [1.54, 1.807) is 47.4 Å². The molecule has 0 aromatic heterocycles. The largest absolute Gasteiger partial charge is 0.334 e. The first-order valence-corrected chi connectivity index (χ1v) is 11.0. The molecule has 0 saturated carbocycles. The van der Waals surface area contributed by atoms with Crippen LogP contribution in [0.15, 0.2) is 66.7 Å². The Bertz CT molecular complexity index is 1270. The fourth-order valence-electron chi connectivity index (χ4n) is 3.32. The molecule has 0 heterocycles. The second-order valence-corrected chi connectivity index (χ2v) is 8.03. The normalized spacial score (nSPS) is 10.3. The first-order valence-electron chi connectivity index (χ1n) is 10.7. The summed E-state index contributed by atoms with van der Waals surface area (Å²) >= 11 is 6.39. The average molecular weight is 492 g/mol. The van der Waals surface area contributed by atoms with Crippen molar-refractivity contribution in [3.05, 3.63) is 104 Å². The van der Waals surface area contributed by atoms with Crippen molar-refractivity contribution in [2.75, 3.05) is 18.4 Å². The molecule has 0 aliphatic rings. The Kier molecular flexibility index (Phi) is 8.51. The maximum Gasteiger partial charge on any atom is 0.269 e. The van der Waals surface area contributed by atoms with Crippen molar-refractivity contribution in [2.45, 2.75) is 13.0 Å². The number of anilines is 1. The quantitative estimate of drug-likeness (QED) is 0.336. The van der Waals surface area contributed by atoms with Crippen LogP contribution in [0.4, 0.5) is 11.4 Å². The first-order chi connectivity index (χ1) is 16.8. The Morgan fingerprint density at radius 2 is 1.71 bits per heavy atom. The minimum atomic E-state index is -0.539. The zero-order valence-electron chi connectivity index (χ0n) is 18.6. The van der Waals surface area contributed by atoms with Crippen LogP contribution in [-0.2, 0) is 6.54 Å². The highest BCUT2D eigenvalue weighted by Crippen LogP contribution is 2.24. The predicted molar refractivity (Wildman–Crippen MR) is 132 cm³/mol. The minimum absolute atomic E-state index is 0.111. The molecule has 0 aliphatic heterocycles. The average Bonchev–Trinajstić information content (AvgIpc) is 2.87. The van der Waals surface area contributed by atoms with E-state index in [1.807, 2.05) is 6.07 Å². The van der Waals surface area contributed by atoms with Crippen LogP contribution in [-0.4, -0.2) is 34.7 Å². The van der Waals surface area contributed by atoms with Crippen molar-refractivity contribution >= 4 is 34.8 Å². The second kappa shape index (κ2) is 11.7. The fraction of sp³-hybridized carbons (Fsp3) is 0.160. The number of benzene rings is 3. The third-order valence-electron chi connectivity index (χ3n) is 5.19. The summed E-state index contributed by atoms with van der Waals surface area (Å²) in [5.74, 6) is -0.679. The Morgan fingerprint density at radius 1 is 1.06 bits per heavy atom. The lowest BCUT2D eigenvalue weighted by molar-refractivity contribution is -0.384. The third-order valence-corrected chi connectivity index (χ3v) is 5.55. The number of hydrogen-bond donors (Lipinski definition) is 2. The van der Waals surface area contributed by atoms with Crippen LogP contribution in [0.5, 0.6) is 0 Å². The maximum atomic E-state index is 13.1. The highest BCUT2D eigenvalue weighted by atomic mass is 35.5. The summed E-state index contributed by atoms with van der Waals surface area (Å²) in [7, 11) is 0. The Morgan fingerprint density at radius 3 is 2.31 bits per heavy atom. The molecule has 0 saturated heterocycles. The van der Waals surface area contributed by atoms with Crippen molar-refractivity contribution < 1.29 is 14.5 Å². The number of nitriles is 1. The van der Waals surface area contributed by atoms with Crippen LogP contribution in [0.25, 0.3) is 0 Å². The fourth-order valence-corrected chi connectivity index (χ4v) is 3.50. The van der Waals surface area contributed by atoms with Crippen LogP contribution in [0.3, 0.4) is 0 Å². The molecule has 178 valence electrons. The zero-order valence-corrected chi connectivity index (χ0v) is 19.4. The van der Waals surface area contributed by atoms with Gasteiger partial charge in [0.05, 0.1) is 16.6 Å². The second-order valence-electron chi connectivity index (χ2n) is 7.62. The van der Waals surface area contributed by atoms with Gasteiger partial charge in [-0.3, -0.25) is 19.7 Å². The van der Waals surface area contributed by atoms with Gasteiger partial charge in [-0.05, 0) is 73.1 Å². The molecule has 2 amide bonds. The number of nitro groups is 1. The topological polar surface area (TPSA) is 142 Å². The molecule has 3 rings (SSSR count). The van der Waals surface area contributed by atoms with E-state index in [9.17, 15) is 19.7 Å². The van der Waals surface area contributed by atoms with Crippen LogP contribution in [0, 0.1) is 21.4 Å². The van der Waals surface area contributed by atoms with Crippen molar-refractivity contribution in [1.82, 2.24) is 4.90 Å². The molecule has 0 radical (unpaired) electrons. The molecule has 3 aromatic carbocycles. The molecule has 3 aromatic rings. The van der Waals surface area contributed by atoms with Crippen LogP contribution in [0.1, 0.15) is 38.3 Å². The van der Waals surface area contributed by atoms with Gasteiger partial charge in [0, 0.05) is 47.1 Å². The molecule has 0 unspecified atom stereocenters. The summed E-state index contributed by atoms with van der Waals surface area (Å²) in [6.45, 7) is 0.972. The number of carbonyl (C=O) groups is 2. The summed E-state index contributed by atoms with van der Waals surface area (Å²) in [6, 6.07) is 18.5. The lowest BCUT2D eigenvalue weighted by Crippen LogP contribution is -2.32. The van der Waals surface area contributed by atoms with Gasteiger partial charge in [0.15, 0.2) is 0 Å². The van der Waals surface area contributed by atoms with Crippen molar-refractivity contribution in [3.8, 4) is 6.07 Å². The molecule has 0 spiro atoms. The Balaban J connectivity index is 1.79. The zero-order chi connectivity index (χ0) is 25.4. The molecular formula is C25H22ClN5O4. The number of non-ortho nitro benzene ring substituents is 1. The Labute approximate surface area is 206 Å². The van der Waals surface area contributed by atoms with E-state index in [4.69, 9.17) is 22.6 Å². The molecule has 9 nitrogen and oxygen atoms in total. The maximum absolute atomic E-state index is 13.1.